The number of hydrogen-bond acceptors (Lipinski definition) is 3. The van der Waals surface area contributed by atoms with Gasteiger partial charge in [0.25, 0.3) is 0 Å². The van der Waals surface area contributed by atoms with Gasteiger partial charge in [0, 0.05) is 25.3 Å². The summed E-state index contributed by atoms with van der Waals surface area (Å²) in [6, 6.07) is 18.2. The molecule has 0 radical (unpaired) electrons. The number of benzene rings is 2. The number of hydrogen-bond donors (Lipinski definition) is 3. The number of nitrogens with one attached hydrogen (secondary N) is 2. The summed E-state index contributed by atoms with van der Waals surface area (Å²) in [5.41, 5.74) is 2.30. The monoisotopic (exact) mass is 378 g/mol. The van der Waals surface area contributed by atoms with E-state index in [4.69, 9.17) is 4.99 Å². The molecule has 1 aliphatic rings. The number of anilines is 1. The predicted octanol–water partition coefficient (Wildman–Crippen LogP) is 3.03. The molecule has 0 aromatic heterocycles. The van der Waals surface area contributed by atoms with E-state index in [1.807, 2.05) is 44.2 Å². The van der Waals surface area contributed by atoms with Gasteiger partial charge in [0.05, 0.1) is 13.1 Å². The van der Waals surface area contributed by atoms with Gasteiger partial charge in [-0.1, -0.05) is 54.6 Å². The molecule has 0 fully saturated rings. The Bertz CT molecular complexity index is 806. The first kappa shape index (κ1) is 20.0. The number of rotatable bonds is 7. The fraction of sp³-hybridized carbons (Fsp3) is 0.348. The Morgan fingerprint density at radius 2 is 1.82 bits per heavy atom. The molecule has 1 unspecified atom stereocenters. The van der Waals surface area contributed by atoms with Crippen LogP contribution in [0.1, 0.15) is 25.0 Å². The Labute approximate surface area is 167 Å². The van der Waals surface area contributed by atoms with Crippen LogP contribution in [0.5, 0.6) is 0 Å². The second kappa shape index (κ2) is 9.42. The van der Waals surface area contributed by atoms with E-state index in [0.717, 1.165) is 30.8 Å². The molecule has 1 heterocycles. The van der Waals surface area contributed by atoms with Crippen molar-refractivity contribution in [3.05, 3.63) is 77.9 Å². The van der Waals surface area contributed by atoms with E-state index in [1.165, 1.54) is 5.69 Å². The molecule has 3 rings (SSSR count). The molecule has 5 heteroatoms. The van der Waals surface area contributed by atoms with E-state index in [1.54, 1.807) is 0 Å². The van der Waals surface area contributed by atoms with Crippen LogP contribution in [0, 0.1) is 0 Å². The minimum absolute atomic E-state index is 0.377. The zero-order valence-electron chi connectivity index (χ0n) is 16.7. The van der Waals surface area contributed by atoms with Crippen molar-refractivity contribution in [3.63, 3.8) is 0 Å². The summed E-state index contributed by atoms with van der Waals surface area (Å²) in [4.78, 5) is 7.02. The van der Waals surface area contributed by atoms with Crippen LogP contribution in [-0.2, 0) is 12.1 Å². The average molecular weight is 379 g/mol. The highest BCUT2D eigenvalue weighted by atomic mass is 16.3. The molecule has 2 aromatic rings. The predicted molar refractivity (Wildman–Crippen MR) is 117 cm³/mol. The number of aliphatic imine (C=N–C) groups is 1. The van der Waals surface area contributed by atoms with Gasteiger partial charge in [-0.15, -0.1) is 0 Å². The molecule has 0 aliphatic carbocycles. The minimum atomic E-state index is -0.972. The standard InChI is InChI=1S/C23H30N4O/c1-3-24-22(26-18-23(2,28)20-11-5-4-6-12-20)25-17-19-10-9-13-21(16-19)27-14-7-8-15-27/h4-13,16,28H,3,14-15,17-18H2,1-2H3,(H2,24,25,26). The molecule has 148 valence electrons. The second-order valence-corrected chi connectivity index (χ2v) is 7.23. The third-order valence-electron chi connectivity index (χ3n) is 4.85. The molecule has 3 N–H and O–H groups in total. The fourth-order valence-corrected chi connectivity index (χ4v) is 3.21. The van der Waals surface area contributed by atoms with Gasteiger partial charge in [0.1, 0.15) is 5.60 Å². The molecule has 0 spiro atoms. The minimum Gasteiger partial charge on any atom is -0.384 e. The van der Waals surface area contributed by atoms with Crippen LogP contribution in [-0.4, -0.2) is 37.2 Å². The molecule has 5 nitrogen and oxygen atoms in total. The van der Waals surface area contributed by atoms with Crippen LogP contribution in [0.2, 0.25) is 0 Å². The first-order chi connectivity index (χ1) is 13.6. The van der Waals surface area contributed by atoms with Crippen molar-refractivity contribution < 1.29 is 5.11 Å². The summed E-state index contributed by atoms with van der Waals surface area (Å²) < 4.78 is 0. The average Bonchev–Trinajstić information content (AvgIpc) is 3.26. The van der Waals surface area contributed by atoms with E-state index in [9.17, 15) is 5.11 Å². The molecule has 0 saturated heterocycles. The zero-order valence-corrected chi connectivity index (χ0v) is 16.7. The summed E-state index contributed by atoms with van der Waals surface area (Å²) in [5, 5.41) is 17.3. The smallest absolute Gasteiger partial charge is 0.191 e. The summed E-state index contributed by atoms with van der Waals surface area (Å²) in [7, 11) is 0. The van der Waals surface area contributed by atoms with Crippen LogP contribution < -0.4 is 15.5 Å². The van der Waals surface area contributed by atoms with E-state index >= 15 is 0 Å². The third kappa shape index (κ3) is 5.36. The maximum atomic E-state index is 10.8. The van der Waals surface area contributed by atoms with Crippen molar-refractivity contribution in [3.8, 4) is 0 Å². The van der Waals surface area contributed by atoms with Gasteiger partial charge in [-0.05, 0) is 37.1 Å². The normalized spacial score (nSPS) is 16.1. The highest BCUT2D eigenvalue weighted by Gasteiger charge is 2.22. The Hall–Kier alpha value is -2.79. The molecule has 2 aromatic carbocycles. The van der Waals surface area contributed by atoms with Crippen LogP contribution in [0.4, 0.5) is 5.69 Å². The van der Waals surface area contributed by atoms with Crippen LogP contribution in [0.15, 0.2) is 71.7 Å². The molecule has 0 amide bonds. The first-order valence-corrected chi connectivity index (χ1v) is 9.87. The maximum absolute atomic E-state index is 10.8. The Kier molecular flexibility index (Phi) is 6.71. The number of guanidine groups is 1. The highest BCUT2D eigenvalue weighted by molar-refractivity contribution is 5.79. The first-order valence-electron chi connectivity index (χ1n) is 9.87. The van der Waals surface area contributed by atoms with Gasteiger partial charge in [-0.3, -0.25) is 0 Å². The van der Waals surface area contributed by atoms with Crippen molar-refractivity contribution in [1.29, 1.82) is 0 Å². The van der Waals surface area contributed by atoms with Crippen molar-refractivity contribution in [2.24, 2.45) is 4.99 Å². The number of nitrogens with zero attached hydrogens (tertiary/aromatic N) is 2. The summed E-state index contributed by atoms with van der Waals surface area (Å²) in [6.45, 7) is 7.50. The molecular weight excluding hydrogens is 348 g/mol. The lowest BCUT2D eigenvalue weighted by Gasteiger charge is -2.25. The molecule has 0 saturated carbocycles. The molecule has 1 atom stereocenters. The number of aliphatic hydroxyl groups is 1. The zero-order chi connectivity index (χ0) is 19.8. The van der Waals surface area contributed by atoms with Crippen molar-refractivity contribution in [2.45, 2.75) is 26.0 Å². The Balaban J connectivity index is 1.63. The topological polar surface area (TPSA) is 59.9 Å². The quantitative estimate of drug-likeness (QED) is 0.394. The molecule has 28 heavy (non-hydrogen) atoms. The largest absolute Gasteiger partial charge is 0.384 e. The second-order valence-electron chi connectivity index (χ2n) is 7.23. The summed E-state index contributed by atoms with van der Waals surface area (Å²) >= 11 is 0. The van der Waals surface area contributed by atoms with E-state index in [-0.39, 0.29) is 0 Å². The third-order valence-corrected chi connectivity index (χ3v) is 4.85. The lowest BCUT2D eigenvalue weighted by molar-refractivity contribution is 0.0617. The maximum Gasteiger partial charge on any atom is 0.191 e. The molecule has 0 bridgehead atoms. The highest BCUT2D eigenvalue weighted by Crippen LogP contribution is 2.20. The Morgan fingerprint density at radius 3 is 2.54 bits per heavy atom. The van der Waals surface area contributed by atoms with Gasteiger partial charge < -0.3 is 20.6 Å². The van der Waals surface area contributed by atoms with Crippen molar-refractivity contribution in [2.75, 3.05) is 31.1 Å². The van der Waals surface area contributed by atoms with Crippen LogP contribution in [0.3, 0.4) is 0 Å². The van der Waals surface area contributed by atoms with Gasteiger partial charge >= 0.3 is 0 Å². The lowest BCUT2D eigenvalue weighted by atomic mass is 9.96. The van der Waals surface area contributed by atoms with E-state index < -0.39 is 5.60 Å². The van der Waals surface area contributed by atoms with Gasteiger partial charge in [-0.2, -0.15) is 0 Å². The van der Waals surface area contributed by atoms with Gasteiger partial charge in [0.2, 0.25) is 0 Å². The van der Waals surface area contributed by atoms with Crippen LogP contribution >= 0.6 is 0 Å². The van der Waals surface area contributed by atoms with Crippen molar-refractivity contribution >= 4 is 11.6 Å². The van der Waals surface area contributed by atoms with Crippen LogP contribution in [0.25, 0.3) is 0 Å². The molecule has 1 aliphatic heterocycles. The van der Waals surface area contributed by atoms with E-state index in [2.05, 4.69) is 52.0 Å². The van der Waals surface area contributed by atoms with Crippen molar-refractivity contribution in [1.82, 2.24) is 10.6 Å². The summed E-state index contributed by atoms with van der Waals surface area (Å²) in [6.07, 6.45) is 4.38. The van der Waals surface area contributed by atoms with Gasteiger partial charge in [-0.25, -0.2) is 4.99 Å². The SMILES string of the molecule is CCNC(=NCc1cccc(N2CC=CC2)c1)NCC(C)(O)c1ccccc1. The van der Waals surface area contributed by atoms with E-state index in [0.29, 0.717) is 19.0 Å². The van der Waals surface area contributed by atoms with Gasteiger partial charge in [0.15, 0.2) is 5.96 Å². The Morgan fingerprint density at radius 1 is 1.07 bits per heavy atom. The molecular formula is C23H30N4O. The summed E-state index contributed by atoms with van der Waals surface area (Å²) in [5.74, 6) is 0.701. The lowest BCUT2D eigenvalue weighted by Crippen LogP contribution is -2.44. The fourth-order valence-electron chi connectivity index (χ4n) is 3.21.